The fraction of sp³-hybridized carbons (Fsp3) is 0.308. The van der Waals surface area contributed by atoms with Gasteiger partial charge in [0.15, 0.2) is 5.69 Å². The summed E-state index contributed by atoms with van der Waals surface area (Å²) in [5, 5.41) is 2.83. The number of rotatable bonds is 6. The van der Waals surface area contributed by atoms with Crippen LogP contribution in [0, 0.1) is 0 Å². The molecule has 200 valence electrons. The number of hydrogen-bond acceptors (Lipinski definition) is 7. The lowest BCUT2D eigenvalue weighted by Gasteiger charge is -2.23. The first-order valence-electron chi connectivity index (χ1n) is 11.8. The number of carbonyl (C=O) groups is 2. The van der Waals surface area contributed by atoms with Gasteiger partial charge in [0.05, 0.1) is 7.11 Å². The van der Waals surface area contributed by atoms with E-state index in [4.69, 9.17) is 4.74 Å². The molecule has 0 saturated carbocycles. The first-order valence-corrected chi connectivity index (χ1v) is 11.8. The SMILES string of the molecule is COC(=O)c1cnc(N2CCCN(C(=O)Nc3ccc(OCc4ccccc4)cc3)CC2)nc1C(F)(F)F. The van der Waals surface area contributed by atoms with E-state index in [-0.39, 0.29) is 25.1 Å². The Morgan fingerprint density at radius 2 is 1.74 bits per heavy atom. The van der Waals surface area contributed by atoms with Crippen molar-refractivity contribution in [3.63, 3.8) is 0 Å². The van der Waals surface area contributed by atoms with Crippen molar-refractivity contribution in [1.29, 1.82) is 0 Å². The molecule has 1 aliphatic rings. The third-order valence-electron chi connectivity index (χ3n) is 5.87. The van der Waals surface area contributed by atoms with Crippen LogP contribution in [-0.2, 0) is 17.5 Å². The second kappa shape index (κ2) is 11.8. The summed E-state index contributed by atoms with van der Waals surface area (Å²) in [6.45, 7) is 1.62. The number of aromatic nitrogens is 2. The van der Waals surface area contributed by atoms with E-state index in [0.29, 0.717) is 37.6 Å². The standard InChI is InChI=1S/C26H26F3N5O4/c1-37-23(35)21-16-30-24(32-22(21)26(27,28)29)33-12-5-13-34(15-14-33)25(36)31-19-8-10-20(11-9-19)38-17-18-6-3-2-4-7-18/h2-4,6-11,16H,5,12-15,17H2,1H3,(H,31,36). The van der Waals surface area contributed by atoms with Crippen LogP contribution in [0.2, 0.25) is 0 Å². The molecular weight excluding hydrogens is 503 g/mol. The van der Waals surface area contributed by atoms with Gasteiger partial charge in [-0.3, -0.25) is 0 Å². The van der Waals surface area contributed by atoms with Crippen LogP contribution >= 0.6 is 0 Å². The summed E-state index contributed by atoms with van der Waals surface area (Å²) < 4.78 is 50.7. The van der Waals surface area contributed by atoms with E-state index in [9.17, 15) is 22.8 Å². The molecule has 0 unspecified atom stereocenters. The average Bonchev–Trinajstić information content (AvgIpc) is 3.19. The van der Waals surface area contributed by atoms with Gasteiger partial charge in [-0.05, 0) is 36.2 Å². The van der Waals surface area contributed by atoms with E-state index < -0.39 is 23.4 Å². The number of amides is 2. The van der Waals surface area contributed by atoms with Crippen molar-refractivity contribution < 1.29 is 32.2 Å². The molecule has 1 N–H and O–H groups in total. The average molecular weight is 530 g/mol. The van der Waals surface area contributed by atoms with Crippen LogP contribution in [0.25, 0.3) is 0 Å². The zero-order valence-electron chi connectivity index (χ0n) is 20.6. The molecule has 2 aromatic carbocycles. The Hall–Kier alpha value is -4.35. The van der Waals surface area contributed by atoms with Gasteiger partial charge in [-0.1, -0.05) is 30.3 Å². The minimum Gasteiger partial charge on any atom is -0.489 e. The summed E-state index contributed by atoms with van der Waals surface area (Å²) in [6, 6.07) is 16.4. The fourth-order valence-electron chi connectivity index (χ4n) is 3.90. The van der Waals surface area contributed by atoms with Crippen molar-refractivity contribution in [3.8, 4) is 5.75 Å². The molecule has 0 atom stereocenters. The minimum atomic E-state index is -4.86. The minimum absolute atomic E-state index is 0.168. The van der Waals surface area contributed by atoms with Crippen molar-refractivity contribution in [2.75, 3.05) is 43.5 Å². The molecule has 12 heteroatoms. The number of alkyl halides is 3. The van der Waals surface area contributed by atoms with E-state index in [1.54, 1.807) is 34.1 Å². The summed E-state index contributed by atoms with van der Waals surface area (Å²) >= 11 is 0. The van der Waals surface area contributed by atoms with Gasteiger partial charge in [0.2, 0.25) is 5.95 Å². The monoisotopic (exact) mass is 529 g/mol. The third kappa shape index (κ3) is 6.69. The number of benzene rings is 2. The maximum Gasteiger partial charge on any atom is 0.434 e. The highest BCUT2D eigenvalue weighted by atomic mass is 19.4. The third-order valence-corrected chi connectivity index (χ3v) is 5.87. The molecule has 2 heterocycles. The highest BCUT2D eigenvalue weighted by molar-refractivity contribution is 5.90. The molecular formula is C26H26F3N5O4. The Bertz CT molecular complexity index is 1260. The zero-order valence-corrected chi connectivity index (χ0v) is 20.6. The molecule has 2 amide bonds. The Morgan fingerprint density at radius 1 is 1.00 bits per heavy atom. The summed E-state index contributed by atoms with van der Waals surface area (Å²) in [7, 11) is 0.985. The normalized spacial score (nSPS) is 14.0. The fourth-order valence-corrected chi connectivity index (χ4v) is 3.90. The van der Waals surface area contributed by atoms with Crippen LogP contribution in [0.4, 0.5) is 29.6 Å². The molecule has 9 nitrogen and oxygen atoms in total. The summed E-state index contributed by atoms with van der Waals surface area (Å²) in [4.78, 5) is 35.3. The van der Waals surface area contributed by atoms with E-state index in [0.717, 1.165) is 18.9 Å². The molecule has 3 aromatic rings. The van der Waals surface area contributed by atoms with Crippen molar-refractivity contribution in [3.05, 3.63) is 77.6 Å². The largest absolute Gasteiger partial charge is 0.489 e. The van der Waals surface area contributed by atoms with Crippen molar-refractivity contribution in [2.45, 2.75) is 19.2 Å². The van der Waals surface area contributed by atoms with E-state index in [2.05, 4.69) is 20.0 Å². The molecule has 0 spiro atoms. The maximum absolute atomic E-state index is 13.5. The summed E-state index contributed by atoms with van der Waals surface area (Å²) in [5.74, 6) is -0.676. The molecule has 1 aliphatic heterocycles. The number of urea groups is 1. The molecule has 0 bridgehead atoms. The number of esters is 1. The number of ether oxygens (including phenoxy) is 2. The van der Waals surface area contributed by atoms with E-state index >= 15 is 0 Å². The number of hydrogen-bond donors (Lipinski definition) is 1. The van der Waals surface area contributed by atoms with Crippen LogP contribution in [0.3, 0.4) is 0 Å². The Labute approximate surface area is 217 Å². The van der Waals surface area contributed by atoms with Gasteiger partial charge >= 0.3 is 18.2 Å². The first-order chi connectivity index (χ1) is 18.2. The Kier molecular flexibility index (Phi) is 8.29. The highest BCUT2D eigenvalue weighted by Crippen LogP contribution is 2.31. The predicted molar refractivity (Wildman–Crippen MR) is 133 cm³/mol. The molecule has 38 heavy (non-hydrogen) atoms. The van der Waals surface area contributed by atoms with Gasteiger partial charge in [0, 0.05) is 38.1 Å². The van der Waals surface area contributed by atoms with Gasteiger partial charge < -0.3 is 24.6 Å². The smallest absolute Gasteiger partial charge is 0.434 e. The molecule has 1 saturated heterocycles. The van der Waals surface area contributed by atoms with E-state index in [1.165, 1.54) is 0 Å². The lowest BCUT2D eigenvalue weighted by Crippen LogP contribution is -2.38. The molecule has 4 rings (SSSR count). The van der Waals surface area contributed by atoms with Crippen LogP contribution in [-0.4, -0.2) is 60.2 Å². The van der Waals surface area contributed by atoms with Gasteiger partial charge in [0.25, 0.3) is 0 Å². The number of carbonyl (C=O) groups excluding carboxylic acids is 2. The van der Waals surface area contributed by atoms with Crippen molar-refractivity contribution in [2.24, 2.45) is 0 Å². The van der Waals surface area contributed by atoms with Crippen LogP contribution < -0.4 is 15.0 Å². The lowest BCUT2D eigenvalue weighted by molar-refractivity contribution is -0.141. The number of methoxy groups -OCH3 is 1. The second-order valence-corrected chi connectivity index (χ2v) is 8.48. The molecule has 0 aliphatic carbocycles. The Morgan fingerprint density at radius 3 is 2.42 bits per heavy atom. The maximum atomic E-state index is 13.5. The van der Waals surface area contributed by atoms with Crippen LogP contribution in [0.1, 0.15) is 28.0 Å². The summed E-state index contributed by atoms with van der Waals surface area (Å²) in [6.07, 6.45) is -3.55. The number of anilines is 2. The molecule has 0 radical (unpaired) electrons. The second-order valence-electron chi connectivity index (χ2n) is 8.48. The van der Waals surface area contributed by atoms with Gasteiger partial charge in [-0.15, -0.1) is 0 Å². The number of halogens is 3. The van der Waals surface area contributed by atoms with Gasteiger partial charge in [-0.25, -0.2) is 19.6 Å². The van der Waals surface area contributed by atoms with Crippen molar-refractivity contribution >= 4 is 23.6 Å². The predicted octanol–water partition coefficient (Wildman–Crippen LogP) is 4.61. The summed E-state index contributed by atoms with van der Waals surface area (Å²) in [5.41, 5.74) is -0.486. The topological polar surface area (TPSA) is 96.9 Å². The lowest BCUT2D eigenvalue weighted by atomic mass is 10.2. The van der Waals surface area contributed by atoms with Crippen LogP contribution in [0.5, 0.6) is 5.75 Å². The molecule has 1 fully saturated rings. The quantitative estimate of drug-likeness (QED) is 0.466. The zero-order chi connectivity index (χ0) is 27.1. The van der Waals surface area contributed by atoms with E-state index in [1.807, 2.05) is 30.3 Å². The Balaban J connectivity index is 1.35. The van der Waals surface area contributed by atoms with Gasteiger partial charge in [-0.2, -0.15) is 13.2 Å². The number of nitrogens with zero attached hydrogens (tertiary/aromatic N) is 4. The molecule has 1 aromatic heterocycles. The van der Waals surface area contributed by atoms with Crippen molar-refractivity contribution in [1.82, 2.24) is 14.9 Å². The van der Waals surface area contributed by atoms with Crippen LogP contribution in [0.15, 0.2) is 60.8 Å². The number of nitrogens with one attached hydrogen (secondary N) is 1. The highest BCUT2D eigenvalue weighted by Gasteiger charge is 2.39. The first kappa shape index (κ1) is 26.7. The van der Waals surface area contributed by atoms with Gasteiger partial charge in [0.1, 0.15) is 17.9 Å².